The van der Waals surface area contributed by atoms with Crippen molar-refractivity contribution in [1.29, 1.82) is 0 Å². The van der Waals surface area contributed by atoms with Crippen molar-refractivity contribution in [2.75, 3.05) is 11.9 Å². The number of hydrogen-bond acceptors (Lipinski definition) is 1. The lowest BCUT2D eigenvalue weighted by Gasteiger charge is -2.06. The zero-order valence-corrected chi connectivity index (χ0v) is 11.4. The molecule has 0 fully saturated rings. The van der Waals surface area contributed by atoms with Gasteiger partial charge in [0.1, 0.15) is 0 Å². The summed E-state index contributed by atoms with van der Waals surface area (Å²) in [5.41, 5.74) is 1.24. The van der Waals surface area contributed by atoms with Gasteiger partial charge in [0.25, 0.3) is 0 Å². The Balaban J connectivity index is 1.88. The van der Waals surface area contributed by atoms with Crippen molar-refractivity contribution in [2.45, 2.75) is 52.4 Å². The Bertz CT molecular complexity index is 266. The maximum atomic E-state index is 3.45. The van der Waals surface area contributed by atoms with Crippen molar-refractivity contribution in [3.63, 3.8) is 0 Å². The number of nitrogens with one attached hydrogen (secondary N) is 1. The second-order valence-electron chi connectivity index (χ2n) is 5.24. The standard InChI is InChI=1S/C16H27N/c1-15(2)11-7-4-3-5-10-14-17-16-12-8-6-9-13-16/h6,8-9,12-13,15,17H,3-5,7,10-11,14H2,1-2H3. The van der Waals surface area contributed by atoms with Gasteiger partial charge >= 0.3 is 0 Å². The van der Waals surface area contributed by atoms with E-state index in [9.17, 15) is 0 Å². The van der Waals surface area contributed by atoms with Crippen molar-refractivity contribution < 1.29 is 0 Å². The Labute approximate surface area is 107 Å². The van der Waals surface area contributed by atoms with Crippen LogP contribution in [0.5, 0.6) is 0 Å². The van der Waals surface area contributed by atoms with E-state index in [2.05, 4.69) is 49.5 Å². The molecule has 0 heterocycles. The highest BCUT2D eigenvalue weighted by Crippen LogP contribution is 2.11. The van der Waals surface area contributed by atoms with Gasteiger partial charge in [0.05, 0.1) is 0 Å². The van der Waals surface area contributed by atoms with E-state index in [1.807, 2.05) is 0 Å². The van der Waals surface area contributed by atoms with Crippen LogP contribution in [0, 0.1) is 5.92 Å². The Morgan fingerprint density at radius 1 is 0.882 bits per heavy atom. The summed E-state index contributed by atoms with van der Waals surface area (Å²) in [5, 5.41) is 3.45. The molecule has 0 aromatic heterocycles. The zero-order chi connectivity index (χ0) is 12.3. The van der Waals surface area contributed by atoms with Crippen LogP contribution in [0.1, 0.15) is 52.4 Å². The van der Waals surface area contributed by atoms with Gasteiger partial charge in [0, 0.05) is 12.2 Å². The molecular weight excluding hydrogens is 206 g/mol. The van der Waals surface area contributed by atoms with Crippen LogP contribution in [0.3, 0.4) is 0 Å². The molecule has 0 unspecified atom stereocenters. The first-order chi connectivity index (χ1) is 8.29. The second kappa shape index (κ2) is 9.09. The maximum absolute atomic E-state index is 3.45. The molecule has 0 saturated heterocycles. The number of benzene rings is 1. The third kappa shape index (κ3) is 7.84. The summed E-state index contributed by atoms with van der Waals surface area (Å²) in [7, 11) is 0. The molecule has 1 nitrogen and oxygen atoms in total. The Morgan fingerprint density at radius 3 is 2.24 bits per heavy atom. The lowest BCUT2D eigenvalue weighted by molar-refractivity contribution is 0.517. The van der Waals surface area contributed by atoms with Crippen LogP contribution < -0.4 is 5.32 Å². The summed E-state index contributed by atoms with van der Waals surface area (Å²) in [5.74, 6) is 0.870. The van der Waals surface area contributed by atoms with Gasteiger partial charge in [-0.2, -0.15) is 0 Å². The molecule has 1 rings (SSSR count). The molecule has 1 aromatic rings. The summed E-state index contributed by atoms with van der Waals surface area (Å²) < 4.78 is 0. The predicted octanol–water partition coefficient (Wildman–Crippen LogP) is 5.10. The van der Waals surface area contributed by atoms with Gasteiger partial charge in [0.2, 0.25) is 0 Å². The van der Waals surface area contributed by atoms with Gasteiger partial charge in [-0.15, -0.1) is 0 Å². The highest BCUT2D eigenvalue weighted by Gasteiger charge is 1.95. The summed E-state index contributed by atoms with van der Waals surface area (Å²) in [6.45, 7) is 5.72. The zero-order valence-electron chi connectivity index (χ0n) is 11.4. The van der Waals surface area contributed by atoms with Crippen LogP contribution in [-0.4, -0.2) is 6.54 Å². The summed E-state index contributed by atoms with van der Waals surface area (Å²) in [6, 6.07) is 10.5. The summed E-state index contributed by atoms with van der Waals surface area (Å²) >= 11 is 0. The van der Waals surface area contributed by atoms with Gasteiger partial charge < -0.3 is 5.32 Å². The minimum absolute atomic E-state index is 0.870. The van der Waals surface area contributed by atoms with E-state index in [4.69, 9.17) is 0 Å². The fourth-order valence-corrected chi connectivity index (χ4v) is 2.00. The minimum atomic E-state index is 0.870. The van der Waals surface area contributed by atoms with Crippen LogP contribution in [0.15, 0.2) is 30.3 Å². The van der Waals surface area contributed by atoms with Crippen molar-refractivity contribution in [3.8, 4) is 0 Å². The highest BCUT2D eigenvalue weighted by molar-refractivity contribution is 5.42. The molecular formula is C16H27N. The SMILES string of the molecule is CC(C)CCCCCCCNc1ccccc1. The largest absolute Gasteiger partial charge is 0.385 e. The molecule has 96 valence electrons. The van der Waals surface area contributed by atoms with Gasteiger partial charge in [-0.3, -0.25) is 0 Å². The molecule has 0 amide bonds. The monoisotopic (exact) mass is 233 g/mol. The normalized spacial score (nSPS) is 10.8. The Morgan fingerprint density at radius 2 is 1.53 bits per heavy atom. The van der Waals surface area contributed by atoms with Crippen LogP contribution >= 0.6 is 0 Å². The fraction of sp³-hybridized carbons (Fsp3) is 0.625. The smallest absolute Gasteiger partial charge is 0.0340 e. The number of para-hydroxylation sites is 1. The molecule has 1 N–H and O–H groups in total. The number of rotatable bonds is 9. The fourth-order valence-electron chi connectivity index (χ4n) is 2.00. The van der Waals surface area contributed by atoms with Gasteiger partial charge in [-0.1, -0.05) is 64.2 Å². The minimum Gasteiger partial charge on any atom is -0.385 e. The topological polar surface area (TPSA) is 12.0 Å². The molecule has 0 radical (unpaired) electrons. The second-order valence-corrected chi connectivity index (χ2v) is 5.24. The Kier molecular flexibility index (Phi) is 7.53. The molecule has 0 bridgehead atoms. The van der Waals surface area contributed by atoms with Crippen molar-refractivity contribution in [1.82, 2.24) is 0 Å². The number of anilines is 1. The molecule has 0 saturated carbocycles. The molecule has 17 heavy (non-hydrogen) atoms. The van der Waals surface area contributed by atoms with Crippen LogP contribution in [-0.2, 0) is 0 Å². The quantitative estimate of drug-likeness (QED) is 0.585. The lowest BCUT2D eigenvalue weighted by Crippen LogP contribution is -2.00. The van der Waals surface area contributed by atoms with Crippen LogP contribution in [0.2, 0.25) is 0 Å². The first-order valence-electron chi connectivity index (χ1n) is 7.08. The van der Waals surface area contributed by atoms with Crippen molar-refractivity contribution >= 4 is 5.69 Å². The van der Waals surface area contributed by atoms with Crippen molar-refractivity contribution in [3.05, 3.63) is 30.3 Å². The highest BCUT2D eigenvalue weighted by atomic mass is 14.9. The van der Waals surface area contributed by atoms with Gasteiger partial charge in [0.15, 0.2) is 0 Å². The van der Waals surface area contributed by atoms with E-state index in [1.54, 1.807) is 0 Å². The van der Waals surface area contributed by atoms with Crippen LogP contribution in [0.25, 0.3) is 0 Å². The van der Waals surface area contributed by atoms with Gasteiger partial charge in [-0.05, 0) is 24.5 Å². The molecule has 0 atom stereocenters. The maximum Gasteiger partial charge on any atom is 0.0340 e. The third-order valence-electron chi connectivity index (χ3n) is 3.06. The molecule has 1 aromatic carbocycles. The van der Waals surface area contributed by atoms with E-state index in [0.29, 0.717) is 0 Å². The van der Waals surface area contributed by atoms with Crippen molar-refractivity contribution in [2.24, 2.45) is 5.92 Å². The summed E-state index contributed by atoms with van der Waals surface area (Å²) in [4.78, 5) is 0. The average Bonchev–Trinajstić information content (AvgIpc) is 2.33. The Hall–Kier alpha value is -0.980. The van der Waals surface area contributed by atoms with E-state index in [-0.39, 0.29) is 0 Å². The predicted molar refractivity (Wildman–Crippen MR) is 77.5 cm³/mol. The number of unbranched alkanes of at least 4 members (excludes halogenated alkanes) is 4. The van der Waals surface area contributed by atoms with Crippen LogP contribution in [0.4, 0.5) is 5.69 Å². The molecule has 1 heteroatoms. The molecule has 0 aliphatic carbocycles. The summed E-state index contributed by atoms with van der Waals surface area (Å²) in [6.07, 6.45) is 8.24. The van der Waals surface area contributed by atoms with E-state index < -0.39 is 0 Å². The first kappa shape index (κ1) is 14.1. The van der Waals surface area contributed by atoms with E-state index >= 15 is 0 Å². The van der Waals surface area contributed by atoms with E-state index in [1.165, 1.54) is 44.2 Å². The average molecular weight is 233 g/mol. The third-order valence-corrected chi connectivity index (χ3v) is 3.06. The molecule has 0 spiro atoms. The molecule has 0 aliphatic rings. The molecule has 0 aliphatic heterocycles. The van der Waals surface area contributed by atoms with Gasteiger partial charge in [-0.25, -0.2) is 0 Å². The number of hydrogen-bond donors (Lipinski definition) is 1. The lowest BCUT2D eigenvalue weighted by atomic mass is 10.0. The van der Waals surface area contributed by atoms with E-state index in [0.717, 1.165) is 12.5 Å². The first-order valence-corrected chi connectivity index (χ1v) is 7.08.